The van der Waals surface area contributed by atoms with Gasteiger partial charge in [-0.15, -0.1) is 0 Å². The molecule has 2 unspecified atom stereocenters. The van der Waals surface area contributed by atoms with Gasteiger partial charge in [0.1, 0.15) is 6.10 Å². The molecule has 0 spiro atoms. The molecule has 1 aliphatic heterocycles. The highest BCUT2D eigenvalue weighted by atomic mass is 16.5. The standard InChI is InChI=1S/C24H39N3O4/c1-2-3-4-5-6-7-8-9-10-15-22(28)25-17-23(29)27-26-16-19-18-31-21-14-12-11-13-20(21)24(19)30/h16,18,20-21H,2-15,17H2,1H3,(H,25,28)(H,27,29)/b26-16+. The van der Waals surface area contributed by atoms with Crippen molar-refractivity contribution in [2.24, 2.45) is 11.0 Å². The van der Waals surface area contributed by atoms with Crippen molar-refractivity contribution >= 4 is 23.8 Å². The number of hydrogen-bond donors (Lipinski definition) is 2. The molecule has 2 amide bonds. The van der Waals surface area contributed by atoms with Gasteiger partial charge < -0.3 is 10.1 Å². The molecule has 2 N–H and O–H groups in total. The number of hydrazone groups is 1. The molecule has 174 valence electrons. The fraction of sp³-hybridized carbons (Fsp3) is 0.750. The lowest BCUT2D eigenvalue weighted by molar-refractivity contribution is -0.126. The Morgan fingerprint density at radius 1 is 1.03 bits per heavy atom. The third kappa shape index (κ3) is 9.66. The summed E-state index contributed by atoms with van der Waals surface area (Å²) in [5.41, 5.74) is 2.72. The van der Waals surface area contributed by atoms with E-state index < -0.39 is 5.91 Å². The largest absolute Gasteiger partial charge is 0.496 e. The van der Waals surface area contributed by atoms with Crippen LogP contribution in [0.3, 0.4) is 0 Å². The number of nitrogens with one attached hydrogen (secondary N) is 2. The summed E-state index contributed by atoms with van der Waals surface area (Å²) in [6.45, 7) is 2.10. The van der Waals surface area contributed by atoms with Gasteiger partial charge in [-0.25, -0.2) is 5.43 Å². The van der Waals surface area contributed by atoms with Crippen LogP contribution < -0.4 is 10.7 Å². The Hall–Kier alpha value is -2.18. The maximum Gasteiger partial charge on any atom is 0.259 e. The minimum Gasteiger partial charge on any atom is -0.496 e. The molecule has 0 saturated heterocycles. The summed E-state index contributed by atoms with van der Waals surface area (Å²) in [7, 11) is 0. The summed E-state index contributed by atoms with van der Waals surface area (Å²) < 4.78 is 5.64. The van der Waals surface area contributed by atoms with Crippen LogP contribution in [0, 0.1) is 5.92 Å². The van der Waals surface area contributed by atoms with Crippen LogP contribution in [0.25, 0.3) is 0 Å². The third-order valence-corrected chi connectivity index (χ3v) is 6.04. The first-order chi connectivity index (χ1) is 15.1. The second-order valence-electron chi connectivity index (χ2n) is 8.65. The number of carbonyl (C=O) groups excluding carboxylic acids is 3. The lowest BCUT2D eigenvalue weighted by atomic mass is 9.80. The number of ether oxygens (including phenoxy) is 1. The average Bonchev–Trinajstić information content (AvgIpc) is 2.78. The average molecular weight is 434 g/mol. The summed E-state index contributed by atoms with van der Waals surface area (Å²) in [5.74, 6) is -0.611. The first kappa shape index (κ1) is 25.1. The SMILES string of the molecule is CCCCCCCCCCCC(=O)NCC(=O)N/N=C/C1=COC2CCCCC2C1=O. The van der Waals surface area contributed by atoms with Gasteiger partial charge in [0.15, 0.2) is 5.78 Å². The first-order valence-electron chi connectivity index (χ1n) is 12.1. The van der Waals surface area contributed by atoms with Gasteiger partial charge in [0, 0.05) is 6.42 Å². The molecule has 7 nitrogen and oxygen atoms in total. The van der Waals surface area contributed by atoms with Crippen molar-refractivity contribution < 1.29 is 19.1 Å². The van der Waals surface area contributed by atoms with E-state index in [1.807, 2.05) is 0 Å². The molecule has 0 aromatic rings. The smallest absolute Gasteiger partial charge is 0.259 e. The molecule has 1 heterocycles. The zero-order chi connectivity index (χ0) is 22.3. The van der Waals surface area contributed by atoms with E-state index in [0.29, 0.717) is 12.0 Å². The Morgan fingerprint density at radius 3 is 2.45 bits per heavy atom. The van der Waals surface area contributed by atoms with Crippen LogP contribution in [0.1, 0.15) is 96.8 Å². The highest BCUT2D eigenvalue weighted by Crippen LogP contribution is 2.32. The van der Waals surface area contributed by atoms with Gasteiger partial charge >= 0.3 is 0 Å². The Balaban J connectivity index is 1.52. The fourth-order valence-corrected chi connectivity index (χ4v) is 4.16. The number of carbonyl (C=O) groups is 3. The number of unbranched alkanes of at least 4 members (excludes halogenated alkanes) is 8. The van der Waals surface area contributed by atoms with Crippen LogP contribution in [0.2, 0.25) is 0 Å². The van der Waals surface area contributed by atoms with E-state index in [-0.39, 0.29) is 30.3 Å². The summed E-state index contributed by atoms with van der Waals surface area (Å²) in [4.78, 5) is 36.2. The maximum atomic E-state index is 12.5. The number of hydrogen-bond acceptors (Lipinski definition) is 5. The molecule has 1 fully saturated rings. The number of Topliss-reactive ketones (excluding diaryl/α,β-unsaturated/α-hetero) is 1. The second kappa shape index (κ2) is 14.8. The molecular formula is C24H39N3O4. The van der Waals surface area contributed by atoms with Crippen molar-refractivity contribution in [1.82, 2.24) is 10.7 Å². The van der Waals surface area contributed by atoms with E-state index in [2.05, 4.69) is 22.8 Å². The van der Waals surface area contributed by atoms with Gasteiger partial charge in [-0.1, -0.05) is 64.7 Å². The van der Waals surface area contributed by atoms with Crippen molar-refractivity contribution in [3.63, 3.8) is 0 Å². The molecule has 31 heavy (non-hydrogen) atoms. The van der Waals surface area contributed by atoms with Gasteiger partial charge in [0.05, 0.1) is 30.5 Å². The van der Waals surface area contributed by atoms with E-state index >= 15 is 0 Å². The van der Waals surface area contributed by atoms with Gasteiger partial charge in [0.2, 0.25) is 5.91 Å². The van der Waals surface area contributed by atoms with Gasteiger partial charge in [-0.3, -0.25) is 14.4 Å². The topological polar surface area (TPSA) is 96.9 Å². The number of amides is 2. The second-order valence-corrected chi connectivity index (χ2v) is 8.65. The summed E-state index contributed by atoms with van der Waals surface area (Å²) in [6.07, 6.45) is 17.9. The van der Waals surface area contributed by atoms with Crippen molar-refractivity contribution in [1.29, 1.82) is 0 Å². The van der Waals surface area contributed by atoms with Crippen molar-refractivity contribution in [3.8, 4) is 0 Å². The van der Waals surface area contributed by atoms with E-state index in [1.165, 1.54) is 51.0 Å². The van der Waals surface area contributed by atoms with Crippen LogP contribution in [-0.4, -0.2) is 36.5 Å². The van der Waals surface area contributed by atoms with Crippen molar-refractivity contribution in [2.75, 3.05) is 6.54 Å². The Morgan fingerprint density at radius 2 is 1.71 bits per heavy atom. The molecule has 2 aliphatic rings. The van der Waals surface area contributed by atoms with E-state index in [0.717, 1.165) is 44.9 Å². The maximum absolute atomic E-state index is 12.5. The van der Waals surface area contributed by atoms with E-state index in [4.69, 9.17) is 4.74 Å². The highest BCUT2D eigenvalue weighted by molar-refractivity contribution is 6.14. The zero-order valence-corrected chi connectivity index (χ0v) is 19.0. The highest BCUT2D eigenvalue weighted by Gasteiger charge is 2.36. The van der Waals surface area contributed by atoms with Gasteiger partial charge in [-0.05, 0) is 25.7 Å². The van der Waals surface area contributed by atoms with Crippen LogP contribution >= 0.6 is 0 Å². The predicted octanol–water partition coefficient (Wildman–Crippen LogP) is 4.17. The minimum atomic E-state index is -0.419. The number of fused-ring (bicyclic) bond motifs is 1. The molecular weight excluding hydrogens is 394 g/mol. The molecule has 0 radical (unpaired) electrons. The van der Waals surface area contributed by atoms with Crippen LogP contribution in [0.15, 0.2) is 16.9 Å². The molecule has 2 atom stereocenters. The number of allylic oxidation sites excluding steroid dienone is 1. The minimum absolute atomic E-state index is 0.0194. The first-order valence-corrected chi connectivity index (χ1v) is 12.1. The Kier molecular flexibility index (Phi) is 11.9. The van der Waals surface area contributed by atoms with Gasteiger partial charge in [-0.2, -0.15) is 5.10 Å². The van der Waals surface area contributed by atoms with Crippen LogP contribution in [0.4, 0.5) is 0 Å². The van der Waals surface area contributed by atoms with Crippen LogP contribution in [0.5, 0.6) is 0 Å². The normalized spacial score (nSPS) is 20.7. The summed E-state index contributed by atoms with van der Waals surface area (Å²) >= 11 is 0. The van der Waals surface area contributed by atoms with Crippen molar-refractivity contribution in [3.05, 3.63) is 11.8 Å². The molecule has 2 rings (SSSR count). The van der Waals surface area contributed by atoms with Gasteiger partial charge in [0.25, 0.3) is 5.91 Å². The van der Waals surface area contributed by atoms with E-state index in [1.54, 1.807) is 0 Å². The monoisotopic (exact) mass is 433 g/mol. The molecule has 1 aliphatic carbocycles. The lowest BCUT2D eigenvalue weighted by Gasteiger charge is -2.33. The van der Waals surface area contributed by atoms with Crippen LogP contribution in [-0.2, 0) is 19.1 Å². The molecule has 7 heteroatoms. The fourth-order valence-electron chi connectivity index (χ4n) is 4.16. The van der Waals surface area contributed by atoms with Crippen molar-refractivity contribution in [2.45, 2.75) is 103 Å². The number of ketones is 1. The number of rotatable bonds is 14. The molecule has 0 aromatic carbocycles. The molecule has 1 saturated carbocycles. The molecule has 0 bridgehead atoms. The number of nitrogens with zero attached hydrogens (tertiary/aromatic N) is 1. The van der Waals surface area contributed by atoms with E-state index in [9.17, 15) is 14.4 Å². The third-order valence-electron chi connectivity index (χ3n) is 6.04. The Bertz CT molecular complexity index is 645. The zero-order valence-electron chi connectivity index (χ0n) is 19.0. The molecule has 0 aromatic heterocycles. The summed E-state index contributed by atoms with van der Waals surface area (Å²) in [5, 5.41) is 6.45. The summed E-state index contributed by atoms with van der Waals surface area (Å²) in [6, 6.07) is 0. The predicted molar refractivity (Wildman–Crippen MR) is 121 cm³/mol. The quantitative estimate of drug-likeness (QED) is 0.244. The Labute approximate surface area is 186 Å². The lowest BCUT2D eigenvalue weighted by Crippen LogP contribution is -2.37.